The van der Waals surface area contributed by atoms with Crippen molar-refractivity contribution >= 4 is 29.0 Å². The number of nitrogens with zero attached hydrogens (tertiary/aromatic N) is 1. The first-order chi connectivity index (χ1) is 14.5. The zero-order valence-corrected chi connectivity index (χ0v) is 16.6. The Bertz CT molecular complexity index is 978. The first-order valence-corrected chi connectivity index (χ1v) is 9.29. The number of ether oxygens (including phenoxy) is 3. The van der Waals surface area contributed by atoms with Crippen LogP contribution in [0.1, 0.15) is 22.8 Å². The van der Waals surface area contributed by atoms with Gasteiger partial charge in [-0.2, -0.15) is 0 Å². The van der Waals surface area contributed by atoms with Gasteiger partial charge in [-0.3, -0.25) is 9.59 Å². The predicted molar refractivity (Wildman–Crippen MR) is 108 cm³/mol. The molecule has 0 atom stereocenters. The van der Waals surface area contributed by atoms with E-state index in [-0.39, 0.29) is 23.4 Å². The van der Waals surface area contributed by atoms with Gasteiger partial charge in [-0.25, -0.2) is 9.69 Å². The normalized spacial score (nSPS) is 13.7. The van der Waals surface area contributed by atoms with Crippen LogP contribution in [0.2, 0.25) is 0 Å². The Labute approximate surface area is 173 Å². The van der Waals surface area contributed by atoms with Crippen LogP contribution in [0.15, 0.2) is 54.3 Å². The molecule has 30 heavy (non-hydrogen) atoms. The van der Waals surface area contributed by atoms with E-state index >= 15 is 0 Å². The quantitative estimate of drug-likeness (QED) is 0.405. The average Bonchev–Trinajstić information content (AvgIpc) is 2.99. The number of benzene rings is 2. The Morgan fingerprint density at radius 2 is 1.63 bits per heavy atom. The van der Waals surface area contributed by atoms with Gasteiger partial charge >= 0.3 is 11.9 Å². The number of imide groups is 1. The molecule has 8 nitrogen and oxygen atoms in total. The van der Waals surface area contributed by atoms with Gasteiger partial charge in [-0.05, 0) is 48.9 Å². The molecule has 0 saturated carbocycles. The molecule has 0 saturated heterocycles. The number of esters is 1. The molecule has 1 aliphatic rings. The minimum Gasteiger partial charge on any atom is -0.502 e. The van der Waals surface area contributed by atoms with Crippen molar-refractivity contribution in [2.24, 2.45) is 0 Å². The van der Waals surface area contributed by atoms with Gasteiger partial charge in [0.15, 0.2) is 5.76 Å². The third-order valence-corrected chi connectivity index (χ3v) is 4.46. The first kappa shape index (κ1) is 21.1. The van der Waals surface area contributed by atoms with Gasteiger partial charge < -0.3 is 19.3 Å². The third kappa shape index (κ3) is 4.18. The van der Waals surface area contributed by atoms with Crippen molar-refractivity contribution in [3.63, 3.8) is 0 Å². The third-order valence-electron chi connectivity index (χ3n) is 4.46. The topological polar surface area (TPSA) is 102 Å². The van der Waals surface area contributed by atoms with Gasteiger partial charge in [0.1, 0.15) is 12.4 Å². The number of methoxy groups -OCH3 is 1. The Kier molecular flexibility index (Phi) is 6.48. The molecule has 2 amide bonds. The van der Waals surface area contributed by atoms with Crippen LogP contribution in [0.3, 0.4) is 0 Å². The second-order valence-corrected chi connectivity index (χ2v) is 6.28. The predicted octanol–water partition coefficient (Wildman–Crippen LogP) is 2.73. The Balaban J connectivity index is 1.76. The lowest BCUT2D eigenvalue weighted by Crippen LogP contribution is -2.31. The van der Waals surface area contributed by atoms with Gasteiger partial charge in [0.05, 0.1) is 30.5 Å². The molecule has 1 N–H and O–H groups in total. The number of anilines is 1. The van der Waals surface area contributed by atoms with Crippen LogP contribution in [-0.4, -0.2) is 49.8 Å². The fourth-order valence-electron chi connectivity index (χ4n) is 2.94. The maximum atomic E-state index is 12.9. The maximum absolute atomic E-state index is 12.9. The van der Waals surface area contributed by atoms with Crippen molar-refractivity contribution in [3.05, 3.63) is 65.4 Å². The fourth-order valence-corrected chi connectivity index (χ4v) is 2.94. The summed E-state index contributed by atoms with van der Waals surface area (Å²) >= 11 is 0. The van der Waals surface area contributed by atoms with E-state index in [2.05, 4.69) is 0 Å². The second kappa shape index (κ2) is 9.23. The highest BCUT2D eigenvalue weighted by Crippen LogP contribution is 2.32. The number of aliphatic hydroxyl groups is 1. The smallest absolute Gasteiger partial charge is 0.338 e. The standard InChI is InChI=1S/C22H21NO7/c1-3-29-12-13-30-22(27)15-4-8-16(9-5-15)23-20(25)18(19(24)21(23)26)14-6-10-17(28-2)11-7-14/h4-11,24H,3,12-13H2,1-2H3. The van der Waals surface area contributed by atoms with E-state index in [1.54, 1.807) is 24.3 Å². The molecule has 0 unspecified atom stereocenters. The zero-order valence-electron chi connectivity index (χ0n) is 16.6. The van der Waals surface area contributed by atoms with Gasteiger partial charge in [0, 0.05) is 6.61 Å². The number of rotatable bonds is 8. The maximum Gasteiger partial charge on any atom is 0.338 e. The molecule has 2 aromatic carbocycles. The summed E-state index contributed by atoms with van der Waals surface area (Å²) in [4.78, 5) is 38.3. The molecular weight excluding hydrogens is 390 g/mol. The van der Waals surface area contributed by atoms with Crippen LogP contribution >= 0.6 is 0 Å². The van der Waals surface area contributed by atoms with E-state index in [1.165, 1.54) is 31.4 Å². The Morgan fingerprint density at radius 1 is 0.967 bits per heavy atom. The summed E-state index contributed by atoms with van der Waals surface area (Å²) in [5.41, 5.74) is 0.790. The number of carbonyl (C=O) groups is 3. The Morgan fingerprint density at radius 3 is 2.23 bits per heavy atom. The molecule has 8 heteroatoms. The molecular formula is C22H21NO7. The molecule has 2 aromatic rings. The Hall–Kier alpha value is -3.65. The fraction of sp³-hybridized carbons (Fsp3) is 0.227. The summed E-state index contributed by atoms with van der Waals surface area (Å²) in [6, 6.07) is 12.2. The second-order valence-electron chi connectivity index (χ2n) is 6.28. The first-order valence-electron chi connectivity index (χ1n) is 9.29. The largest absolute Gasteiger partial charge is 0.502 e. The molecule has 3 rings (SSSR count). The number of aliphatic hydroxyl groups excluding tert-OH is 1. The van der Waals surface area contributed by atoms with Crippen molar-refractivity contribution in [1.29, 1.82) is 0 Å². The van der Waals surface area contributed by atoms with Gasteiger partial charge in [-0.15, -0.1) is 0 Å². The van der Waals surface area contributed by atoms with E-state index in [4.69, 9.17) is 14.2 Å². The lowest BCUT2D eigenvalue weighted by Gasteiger charge is -2.15. The van der Waals surface area contributed by atoms with Crippen LogP contribution in [0, 0.1) is 0 Å². The number of hydrogen-bond donors (Lipinski definition) is 1. The highest BCUT2D eigenvalue weighted by atomic mass is 16.6. The lowest BCUT2D eigenvalue weighted by molar-refractivity contribution is -0.121. The van der Waals surface area contributed by atoms with Crippen molar-refractivity contribution in [1.82, 2.24) is 0 Å². The average molecular weight is 411 g/mol. The van der Waals surface area contributed by atoms with Gasteiger partial charge in [0.2, 0.25) is 0 Å². The summed E-state index contributed by atoms with van der Waals surface area (Å²) in [6.45, 7) is 2.80. The molecule has 156 valence electrons. The minimum atomic E-state index is -0.835. The molecule has 0 fully saturated rings. The summed E-state index contributed by atoms with van der Waals surface area (Å²) in [7, 11) is 1.51. The van der Waals surface area contributed by atoms with E-state index in [1.807, 2.05) is 6.92 Å². The van der Waals surface area contributed by atoms with Gasteiger partial charge in [0.25, 0.3) is 5.91 Å². The highest BCUT2D eigenvalue weighted by Gasteiger charge is 2.40. The summed E-state index contributed by atoms with van der Waals surface area (Å²) < 4.78 is 15.3. The number of carbonyl (C=O) groups excluding carboxylic acids is 3. The van der Waals surface area contributed by atoms with Gasteiger partial charge in [-0.1, -0.05) is 12.1 Å². The molecule has 0 bridgehead atoms. The van der Waals surface area contributed by atoms with E-state index in [0.717, 1.165) is 4.90 Å². The SMILES string of the molecule is CCOCCOC(=O)c1ccc(N2C(=O)C(O)=C(c3ccc(OC)cc3)C2=O)cc1. The van der Waals surface area contributed by atoms with Crippen molar-refractivity contribution in [2.75, 3.05) is 31.8 Å². The lowest BCUT2D eigenvalue weighted by atomic mass is 10.1. The van der Waals surface area contributed by atoms with Crippen molar-refractivity contribution < 1.29 is 33.7 Å². The molecule has 0 radical (unpaired) electrons. The van der Waals surface area contributed by atoms with Crippen molar-refractivity contribution in [3.8, 4) is 5.75 Å². The van der Waals surface area contributed by atoms with Crippen LogP contribution in [0.25, 0.3) is 5.57 Å². The van der Waals surface area contributed by atoms with Crippen molar-refractivity contribution in [2.45, 2.75) is 6.92 Å². The highest BCUT2D eigenvalue weighted by molar-refractivity contribution is 6.44. The molecule has 0 spiro atoms. The summed E-state index contributed by atoms with van der Waals surface area (Å²) in [5.74, 6) is -2.09. The molecule has 0 aromatic heterocycles. The van der Waals surface area contributed by atoms with Crippen LogP contribution in [-0.2, 0) is 19.1 Å². The van der Waals surface area contributed by atoms with Crippen LogP contribution < -0.4 is 9.64 Å². The molecule has 0 aliphatic carbocycles. The van der Waals surface area contributed by atoms with E-state index in [0.29, 0.717) is 24.5 Å². The van der Waals surface area contributed by atoms with E-state index < -0.39 is 23.5 Å². The summed E-state index contributed by atoms with van der Waals surface area (Å²) in [6.07, 6.45) is 0. The number of hydrogen-bond acceptors (Lipinski definition) is 7. The van der Waals surface area contributed by atoms with E-state index in [9.17, 15) is 19.5 Å². The minimum absolute atomic E-state index is 0.0953. The zero-order chi connectivity index (χ0) is 21.7. The monoisotopic (exact) mass is 411 g/mol. The van der Waals surface area contributed by atoms with Crippen LogP contribution in [0.4, 0.5) is 5.69 Å². The van der Waals surface area contributed by atoms with Crippen LogP contribution in [0.5, 0.6) is 5.75 Å². The summed E-state index contributed by atoms with van der Waals surface area (Å²) in [5, 5.41) is 10.3. The number of amides is 2. The molecule has 1 heterocycles. The molecule has 1 aliphatic heterocycles.